The van der Waals surface area contributed by atoms with E-state index in [-0.39, 0.29) is 44.1 Å². The first-order chi connectivity index (χ1) is 18.1. The molecule has 1 aromatic heterocycles. The molecule has 13 nitrogen and oxygen atoms in total. The maximum Gasteiger partial charge on any atom is 0.328 e. The molecular formula is C23H35Br3N4O9. The summed E-state index contributed by atoms with van der Waals surface area (Å²) in [5.74, 6) is -1.35. The molecule has 0 bridgehead atoms. The molecule has 2 N–H and O–H groups in total. The summed E-state index contributed by atoms with van der Waals surface area (Å²) in [6, 6.07) is -0.680. The van der Waals surface area contributed by atoms with Crippen LogP contribution in [0.25, 0.3) is 0 Å². The van der Waals surface area contributed by atoms with Crippen LogP contribution in [0.1, 0.15) is 26.3 Å². The van der Waals surface area contributed by atoms with Gasteiger partial charge in [0.1, 0.15) is 19.7 Å². The molecule has 0 aliphatic carbocycles. The second-order valence-corrected chi connectivity index (χ2v) is 16.6. The highest BCUT2D eigenvalue weighted by molar-refractivity contribution is 9.39. The van der Waals surface area contributed by atoms with Gasteiger partial charge in [0.15, 0.2) is 2.14 Å². The molecule has 0 spiro atoms. The van der Waals surface area contributed by atoms with E-state index in [0.29, 0.717) is 19.6 Å². The molecule has 2 amide bonds. The van der Waals surface area contributed by atoms with Gasteiger partial charge in [-0.15, -0.1) is 0 Å². The topological polar surface area (TPSA) is 158 Å². The highest BCUT2D eigenvalue weighted by atomic mass is 80.0. The molecule has 16 heteroatoms. The summed E-state index contributed by atoms with van der Waals surface area (Å²) < 4.78 is 22.0. The van der Waals surface area contributed by atoms with Crippen LogP contribution in [0, 0.1) is 6.92 Å². The largest absolute Gasteiger partial charge is 0.461 e. The Labute approximate surface area is 251 Å². The van der Waals surface area contributed by atoms with E-state index in [9.17, 15) is 24.0 Å². The zero-order valence-corrected chi connectivity index (χ0v) is 27.1. The number of amides is 2. The Morgan fingerprint density at radius 1 is 1.13 bits per heavy atom. The van der Waals surface area contributed by atoms with Gasteiger partial charge in [0.05, 0.1) is 44.7 Å². The van der Waals surface area contributed by atoms with E-state index in [1.165, 1.54) is 13.1 Å². The molecule has 39 heavy (non-hydrogen) atoms. The number of nitrogens with zero attached hydrogens (tertiary/aromatic N) is 2. The number of alkyl halides is 3. The molecule has 222 valence electrons. The molecule has 0 aliphatic rings. The van der Waals surface area contributed by atoms with Crippen molar-refractivity contribution in [3.05, 3.63) is 32.6 Å². The Bertz CT molecular complexity index is 1050. The van der Waals surface area contributed by atoms with Gasteiger partial charge in [-0.3, -0.25) is 28.7 Å². The van der Waals surface area contributed by atoms with E-state index in [1.807, 2.05) is 20.8 Å². The van der Waals surface area contributed by atoms with E-state index in [1.54, 1.807) is 0 Å². The van der Waals surface area contributed by atoms with Crippen LogP contribution in [0.15, 0.2) is 15.8 Å². The van der Waals surface area contributed by atoms with Gasteiger partial charge in [0, 0.05) is 18.3 Å². The number of aryl methyl sites for hydroxylation is 1. The van der Waals surface area contributed by atoms with Gasteiger partial charge in [0.2, 0.25) is 12.3 Å². The SMILES string of the molecule is Cc1cn(CC(=O)N(CC(=O)OCC(Br)(Br)Br)CC(COCCOCCOC(C)(C)C)NC=O)c(=O)[nH]c1=O. The highest BCUT2D eigenvalue weighted by Gasteiger charge is 2.25. The third-order valence-corrected chi connectivity index (χ3v) is 5.45. The first kappa shape index (κ1) is 35.4. The summed E-state index contributed by atoms with van der Waals surface area (Å²) in [4.78, 5) is 63.9. The van der Waals surface area contributed by atoms with Gasteiger partial charge >= 0.3 is 11.7 Å². The fourth-order valence-electron chi connectivity index (χ4n) is 2.97. The van der Waals surface area contributed by atoms with E-state index < -0.39 is 44.4 Å². The van der Waals surface area contributed by atoms with Crippen LogP contribution in [-0.4, -0.2) is 99.3 Å². The second-order valence-electron chi connectivity index (χ2n) is 9.38. The monoisotopic (exact) mass is 748 g/mol. The van der Waals surface area contributed by atoms with E-state index in [2.05, 4.69) is 58.1 Å². The Morgan fingerprint density at radius 3 is 2.38 bits per heavy atom. The molecule has 1 atom stereocenters. The number of carbonyl (C=O) groups excluding carboxylic acids is 3. The fourth-order valence-corrected chi connectivity index (χ4v) is 3.31. The Morgan fingerprint density at radius 2 is 1.77 bits per heavy atom. The number of hydrogen-bond acceptors (Lipinski definition) is 9. The van der Waals surface area contributed by atoms with Crippen molar-refractivity contribution in [3.8, 4) is 0 Å². The quantitative estimate of drug-likeness (QED) is 0.103. The van der Waals surface area contributed by atoms with Crippen LogP contribution in [-0.2, 0) is 39.9 Å². The summed E-state index contributed by atoms with van der Waals surface area (Å²) in [5, 5.41) is 2.57. The van der Waals surface area contributed by atoms with Gasteiger partial charge in [0.25, 0.3) is 5.56 Å². The first-order valence-electron chi connectivity index (χ1n) is 11.9. The number of aromatic amines is 1. The van der Waals surface area contributed by atoms with Gasteiger partial charge in [-0.2, -0.15) is 0 Å². The average molecular weight is 751 g/mol. The lowest BCUT2D eigenvalue weighted by atomic mass is 10.2. The Hall–Kier alpha value is -1.59. The third kappa shape index (κ3) is 16.3. The van der Waals surface area contributed by atoms with Crippen LogP contribution in [0.2, 0.25) is 0 Å². The van der Waals surface area contributed by atoms with Crippen molar-refractivity contribution in [2.24, 2.45) is 0 Å². The molecule has 0 saturated carbocycles. The second kappa shape index (κ2) is 17.3. The summed E-state index contributed by atoms with van der Waals surface area (Å²) in [6.07, 6.45) is 1.71. The van der Waals surface area contributed by atoms with Crippen molar-refractivity contribution >= 4 is 66.1 Å². The number of hydrogen-bond donors (Lipinski definition) is 2. The number of halogens is 3. The lowest BCUT2D eigenvalue weighted by Gasteiger charge is -2.27. The number of H-pyrrole nitrogens is 1. The maximum atomic E-state index is 13.1. The van der Waals surface area contributed by atoms with Gasteiger partial charge in [-0.05, 0) is 27.7 Å². The van der Waals surface area contributed by atoms with Crippen LogP contribution >= 0.6 is 47.8 Å². The predicted molar refractivity (Wildman–Crippen MR) is 153 cm³/mol. The molecule has 0 aliphatic heterocycles. The van der Waals surface area contributed by atoms with Crippen molar-refractivity contribution in [2.45, 2.75) is 48.0 Å². The van der Waals surface area contributed by atoms with Crippen LogP contribution in [0.3, 0.4) is 0 Å². The van der Waals surface area contributed by atoms with Crippen LogP contribution in [0.5, 0.6) is 0 Å². The third-order valence-electron chi connectivity index (χ3n) is 4.76. The van der Waals surface area contributed by atoms with Crippen molar-refractivity contribution in [2.75, 3.05) is 52.7 Å². The van der Waals surface area contributed by atoms with Gasteiger partial charge in [-0.1, -0.05) is 47.8 Å². The van der Waals surface area contributed by atoms with Crippen molar-refractivity contribution in [1.29, 1.82) is 0 Å². The molecule has 0 saturated heterocycles. The molecule has 0 fully saturated rings. The minimum Gasteiger partial charge on any atom is -0.461 e. The van der Waals surface area contributed by atoms with Gasteiger partial charge in [-0.25, -0.2) is 4.79 Å². The van der Waals surface area contributed by atoms with E-state index in [0.717, 1.165) is 9.47 Å². The van der Waals surface area contributed by atoms with Crippen molar-refractivity contribution in [3.63, 3.8) is 0 Å². The van der Waals surface area contributed by atoms with E-state index >= 15 is 0 Å². The lowest BCUT2D eigenvalue weighted by Crippen LogP contribution is -2.49. The van der Waals surface area contributed by atoms with Crippen LogP contribution < -0.4 is 16.6 Å². The minimum atomic E-state index is -0.839. The lowest BCUT2D eigenvalue weighted by molar-refractivity contribution is -0.149. The number of nitrogens with one attached hydrogen (secondary N) is 2. The standard InChI is InChI=1S/C23H35Br3N4O9/c1-16-9-30(21(35)28-20(16)34)11-18(32)29(12-19(33)38-14-23(24,25)26)10-17(27-15-31)13-37-6-5-36-7-8-39-22(2,3)4/h9,15,17H,5-8,10-14H2,1-4H3,(H,27,31)(H,28,34,35). The average Bonchev–Trinajstić information content (AvgIpc) is 2.81. The minimum absolute atomic E-state index is 0.0183. The van der Waals surface area contributed by atoms with Crippen molar-refractivity contribution in [1.82, 2.24) is 19.8 Å². The maximum absolute atomic E-state index is 13.1. The molecule has 1 heterocycles. The summed E-state index contributed by atoms with van der Waals surface area (Å²) in [5.41, 5.74) is -1.36. The van der Waals surface area contributed by atoms with Crippen LogP contribution in [0.4, 0.5) is 0 Å². The number of rotatable bonds is 17. The predicted octanol–water partition coefficient (Wildman–Crippen LogP) is 1.02. The summed E-state index contributed by atoms with van der Waals surface area (Å²) in [7, 11) is 0. The first-order valence-corrected chi connectivity index (χ1v) is 14.3. The zero-order chi connectivity index (χ0) is 29.6. The van der Waals surface area contributed by atoms with Gasteiger partial charge < -0.3 is 29.2 Å². The Balaban J connectivity index is 2.82. The molecular weight excluding hydrogens is 716 g/mol. The summed E-state index contributed by atoms with van der Waals surface area (Å²) in [6.45, 7) is 7.54. The molecule has 0 aromatic carbocycles. The fraction of sp³-hybridized carbons (Fsp3) is 0.696. The Kier molecular flexibility index (Phi) is 15.7. The van der Waals surface area contributed by atoms with E-state index in [4.69, 9.17) is 18.9 Å². The molecule has 1 rings (SSSR count). The highest BCUT2D eigenvalue weighted by Crippen LogP contribution is 2.33. The van der Waals surface area contributed by atoms with Crippen molar-refractivity contribution < 1.29 is 33.3 Å². The summed E-state index contributed by atoms with van der Waals surface area (Å²) >= 11 is 9.65. The number of carbonyl (C=O) groups is 3. The zero-order valence-electron chi connectivity index (χ0n) is 22.3. The molecule has 1 aromatic rings. The molecule has 1 unspecified atom stereocenters. The molecule has 0 radical (unpaired) electrons. The smallest absolute Gasteiger partial charge is 0.328 e. The number of ether oxygens (including phenoxy) is 4. The number of aromatic nitrogens is 2. The number of esters is 1. The normalized spacial score (nSPS) is 12.6.